The predicted molar refractivity (Wildman–Crippen MR) is 81.9 cm³/mol. The Hall–Kier alpha value is -1.55. The molecule has 0 atom stereocenters. The van der Waals surface area contributed by atoms with Crippen molar-refractivity contribution in [3.63, 3.8) is 0 Å². The summed E-state index contributed by atoms with van der Waals surface area (Å²) in [6.07, 6.45) is 5.77. The number of hydrazine groups is 1. The molecule has 3 N–H and O–H groups in total. The molecule has 1 aromatic carbocycles. The molecule has 0 spiro atoms. The van der Waals surface area contributed by atoms with Crippen LogP contribution in [-0.2, 0) is 0 Å². The summed E-state index contributed by atoms with van der Waals surface area (Å²) in [4.78, 5) is 4.21. The molecule has 0 aliphatic heterocycles. The minimum Gasteiger partial charge on any atom is -0.324 e. The Morgan fingerprint density at radius 3 is 2.22 bits per heavy atom. The van der Waals surface area contributed by atoms with Gasteiger partial charge in [-0.15, -0.1) is 24.8 Å². The molecule has 0 aliphatic rings. The van der Waals surface area contributed by atoms with Crippen LogP contribution < -0.4 is 11.3 Å². The number of pyridine rings is 1. The van der Waals surface area contributed by atoms with Crippen molar-refractivity contribution in [2.45, 2.75) is 0 Å². The first kappa shape index (κ1) is 16.4. The summed E-state index contributed by atoms with van der Waals surface area (Å²) >= 11 is 0. The van der Waals surface area contributed by atoms with E-state index in [1.165, 1.54) is 0 Å². The smallest absolute Gasteiger partial charge is 0.0629 e. The second kappa shape index (κ2) is 8.53. The molecule has 3 nitrogen and oxygen atoms in total. The number of hydrogen-bond donors (Lipinski definition) is 2. The molecule has 0 saturated carbocycles. The van der Waals surface area contributed by atoms with E-state index < -0.39 is 0 Å². The van der Waals surface area contributed by atoms with Crippen LogP contribution in [-0.4, -0.2) is 4.98 Å². The second-order valence-electron chi connectivity index (χ2n) is 3.35. The Bertz CT molecular complexity index is 469. The monoisotopic (exact) mass is 283 g/mol. The number of benzene rings is 1. The van der Waals surface area contributed by atoms with Crippen LogP contribution in [0.15, 0.2) is 48.7 Å². The first-order valence-corrected chi connectivity index (χ1v) is 5.04. The van der Waals surface area contributed by atoms with Crippen molar-refractivity contribution in [3.8, 4) is 0 Å². The summed E-state index contributed by atoms with van der Waals surface area (Å²) in [5.41, 5.74) is 5.55. The SMILES string of the molecule is Cl.Cl.NNc1ccc(/C=C/c2ccccn2)cc1. The van der Waals surface area contributed by atoms with E-state index in [1.54, 1.807) is 6.20 Å². The van der Waals surface area contributed by atoms with Crippen molar-refractivity contribution < 1.29 is 0 Å². The molecule has 2 aromatic rings. The average Bonchev–Trinajstić information content (AvgIpc) is 2.38. The van der Waals surface area contributed by atoms with Gasteiger partial charge < -0.3 is 5.43 Å². The van der Waals surface area contributed by atoms with Crippen LogP contribution >= 0.6 is 24.8 Å². The molecule has 0 unspecified atom stereocenters. The maximum atomic E-state index is 5.29. The molecule has 1 aromatic heterocycles. The van der Waals surface area contributed by atoms with Gasteiger partial charge in [0.2, 0.25) is 0 Å². The number of anilines is 1. The van der Waals surface area contributed by atoms with Crippen LogP contribution in [0, 0.1) is 0 Å². The predicted octanol–water partition coefficient (Wildman–Crippen LogP) is 3.38. The van der Waals surface area contributed by atoms with Crippen LogP contribution in [0.1, 0.15) is 11.3 Å². The molecule has 0 radical (unpaired) electrons. The lowest BCUT2D eigenvalue weighted by molar-refractivity contribution is 1.30. The number of nitrogens with two attached hydrogens (primary N) is 1. The number of hydrogen-bond acceptors (Lipinski definition) is 3. The van der Waals surface area contributed by atoms with Crippen molar-refractivity contribution in [1.29, 1.82) is 0 Å². The van der Waals surface area contributed by atoms with E-state index in [0.29, 0.717) is 0 Å². The first-order valence-electron chi connectivity index (χ1n) is 5.04. The van der Waals surface area contributed by atoms with Crippen molar-refractivity contribution in [1.82, 2.24) is 4.98 Å². The van der Waals surface area contributed by atoms with Gasteiger partial charge >= 0.3 is 0 Å². The van der Waals surface area contributed by atoms with Gasteiger partial charge in [0.15, 0.2) is 0 Å². The summed E-state index contributed by atoms with van der Waals surface area (Å²) in [5.74, 6) is 5.29. The van der Waals surface area contributed by atoms with Crippen LogP contribution in [0.3, 0.4) is 0 Å². The van der Waals surface area contributed by atoms with E-state index in [1.807, 2.05) is 54.6 Å². The van der Waals surface area contributed by atoms with Crippen molar-refractivity contribution >= 4 is 42.7 Å². The number of nitrogens with zero attached hydrogens (tertiary/aromatic N) is 1. The van der Waals surface area contributed by atoms with Gasteiger partial charge in [-0.1, -0.05) is 24.3 Å². The van der Waals surface area contributed by atoms with E-state index >= 15 is 0 Å². The summed E-state index contributed by atoms with van der Waals surface area (Å²) < 4.78 is 0. The Morgan fingerprint density at radius 2 is 1.67 bits per heavy atom. The number of aromatic nitrogens is 1. The Labute approximate surface area is 119 Å². The van der Waals surface area contributed by atoms with Crippen LogP contribution in [0.4, 0.5) is 5.69 Å². The van der Waals surface area contributed by atoms with Gasteiger partial charge in [0.05, 0.1) is 5.69 Å². The number of halogens is 2. The molecule has 0 bridgehead atoms. The molecular formula is C13H15Cl2N3. The summed E-state index contributed by atoms with van der Waals surface area (Å²) in [5, 5.41) is 0. The van der Waals surface area contributed by atoms with Crippen LogP contribution in [0.5, 0.6) is 0 Å². The van der Waals surface area contributed by atoms with E-state index in [0.717, 1.165) is 16.9 Å². The van der Waals surface area contributed by atoms with Crippen molar-refractivity contribution in [2.75, 3.05) is 5.43 Å². The normalized spacial score (nSPS) is 9.39. The lowest BCUT2D eigenvalue weighted by Gasteiger charge is -1.99. The zero-order chi connectivity index (χ0) is 11.2. The number of nitrogen functional groups attached to an aromatic ring is 1. The molecule has 0 fully saturated rings. The fraction of sp³-hybridized carbons (Fsp3) is 0. The number of nitrogens with one attached hydrogen (secondary N) is 1. The van der Waals surface area contributed by atoms with Crippen molar-refractivity contribution in [3.05, 3.63) is 59.9 Å². The van der Waals surface area contributed by atoms with E-state index in [-0.39, 0.29) is 24.8 Å². The quantitative estimate of drug-likeness (QED) is 0.671. The Kier molecular flexibility index (Phi) is 7.79. The maximum absolute atomic E-state index is 5.29. The topological polar surface area (TPSA) is 50.9 Å². The molecule has 5 heteroatoms. The molecule has 18 heavy (non-hydrogen) atoms. The van der Waals surface area contributed by atoms with Gasteiger partial charge in [-0.2, -0.15) is 0 Å². The van der Waals surface area contributed by atoms with Crippen molar-refractivity contribution in [2.24, 2.45) is 5.84 Å². The zero-order valence-corrected chi connectivity index (χ0v) is 11.2. The lowest BCUT2D eigenvalue weighted by atomic mass is 10.2. The fourth-order valence-electron chi connectivity index (χ4n) is 1.35. The maximum Gasteiger partial charge on any atom is 0.0629 e. The Balaban J connectivity index is 0.00000144. The molecule has 1 heterocycles. The highest BCUT2D eigenvalue weighted by atomic mass is 35.5. The standard InChI is InChI=1S/C13H13N3.2ClH/c14-16-13-8-5-11(6-9-13)4-7-12-3-1-2-10-15-12;;/h1-10,16H,14H2;2*1H/b7-4+;;. The third-order valence-electron chi connectivity index (χ3n) is 2.21. The van der Waals surface area contributed by atoms with Gasteiger partial charge in [0, 0.05) is 11.9 Å². The minimum absolute atomic E-state index is 0. The van der Waals surface area contributed by atoms with Gasteiger partial charge in [-0.3, -0.25) is 10.8 Å². The molecule has 96 valence electrons. The molecule has 0 saturated heterocycles. The number of rotatable bonds is 3. The zero-order valence-electron chi connectivity index (χ0n) is 9.61. The fourth-order valence-corrected chi connectivity index (χ4v) is 1.35. The highest BCUT2D eigenvalue weighted by Gasteiger charge is 1.89. The third-order valence-corrected chi connectivity index (χ3v) is 2.21. The highest BCUT2D eigenvalue weighted by molar-refractivity contribution is 5.85. The van der Waals surface area contributed by atoms with Crippen LogP contribution in [0.2, 0.25) is 0 Å². The van der Waals surface area contributed by atoms with E-state index in [2.05, 4.69) is 10.4 Å². The van der Waals surface area contributed by atoms with E-state index in [4.69, 9.17) is 5.84 Å². The average molecular weight is 284 g/mol. The summed E-state index contributed by atoms with van der Waals surface area (Å²) in [6.45, 7) is 0. The summed E-state index contributed by atoms with van der Waals surface area (Å²) in [6, 6.07) is 13.7. The second-order valence-corrected chi connectivity index (χ2v) is 3.35. The largest absolute Gasteiger partial charge is 0.324 e. The van der Waals surface area contributed by atoms with Gasteiger partial charge in [-0.25, -0.2) is 0 Å². The molecule has 2 rings (SSSR count). The Morgan fingerprint density at radius 1 is 0.944 bits per heavy atom. The lowest BCUT2D eigenvalue weighted by Crippen LogP contribution is -2.05. The highest BCUT2D eigenvalue weighted by Crippen LogP contribution is 2.10. The van der Waals surface area contributed by atoms with Gasteiger partial charge in [0.25, 0.3) is 0 Å². The van der Waals surface area contributed by atoms with E-state index in [9.17, 15) is 0 Å². The minimum atomic E-state index is 0. The summed E-state index contributed by atoms with van der Waals surface area (Å²) in [7, 11) is 0. The van der Waals surface area contributed by atoms with Gasteiger partial charge in [-0.05, 0) is 35.9 Å². The first-order chi connectivity index (χ1) is 7.88. The third kappa shape index (κ3) is 4.75. The van der Waals surface area contributed by atoms with Gasteiger partial charge in [0.1, 0.15) is 0 Å². The molecule has 0 amide bonds. The molecule has 0 aliphatic carbocycles. The molecular weight excluding hydrogens is 269 g/mol. The van der Waals surface area contributed by atoms with Crippen LogP contribution in [0.25, 0.3) is 12.2 Å².